The number of ether oxygens (including phenoxy) is 1. The van der Waals surface area contributed by atoms with Crippen molar-refractivity contribution in [3.8, 4) is 5.75 Å². The van der Waals surface area contributed by atoms with E-state index in [9.17, 15) is 14.7 Å². The van der Waals surface area contributed by atoms with E-state index in [1.807, 2.05) is 13.8 Å². The van der Waals surface area contributed by atoms with Gasteiger partial charge in [0.15, 0.2) is 6.04 Å². The van der Waals surface area contributed by atoms with Gasteiger partial charge in [0.25, 0.3) is 0 Å². The molecular formula is C15H19NO4. The zero-order valence-electron chi connectivity index (χ0n) is 11.7. The maximum absolute atomic E-state index is 12.3. The molecule has 0 saturated heterocycles. The Morgan fingerprint density at radius 1 is 1.40 bits per heavy atom. The van der Waals surface area contributed by atoms with Crippen LogP contribution in [0.3, 0.4) is 0 Å². The number of carbonyl (C=O) groups is 2. The lowest BCUT2D eigenvalue weighted by molar-refractivity contribution is -0.150. The average Bonchev–Trinajstić information content (AvgIpc) is 2.56. The lowest BCUT2D eigenvalue weighted by atomic mass is 10.0. The van der Waals surface area contributed by atoms with Crippen molar-refractivity contribution in [1.29, 1.82) is 0 Å². The van der Waals surface area contributed by atoms with E-state index in [0.29, 0.717) is 24.3 Å². The number of rotatable bonds is 3. The maximum Gasteiger partial charge on any atom is 0.331 e. The first-order valence-electron chi connectivity index (χ1n) is 6.74. The van der Waals surface area contributed by atoms with Gasteiger partial charge in [0.2, 0.25) is 5.91 Å². The van der Waals surface area contributed by atoms with Crippen molar-refractivity contribution in [1.82, 2.24) is 4.90 Å². The number of carbonyl (C=O) groups excluding carboxylic acids is 1. The number of para-hydroxylation sites is 1. The molecule has 0 aromatic heterocycles. The first-order chi connectivity index (χ1) is 9.50. The molecule has 0 saturated carbocycles. The fraction of sp³-hybridized carbons (Fsp3) is 0.467. The lowest BCUT2D eigenvalue weighted by Crippen LogP contribution is -2.40. The van der Waals surface area contributed by atoms with Crippen LogP contribution < -0.4 is 4.74 Å². The van der Waals surface area contributed by atoms with Crippen LogP contribution in [0.15, 0.2) is 24.3 Å². The number of aliphatic carboxylic acids is 1. The number of fused-ring (bicyclic) bond motifs is 1. The summed E-state index contributed by atoms with van der Waals surface area (Å²) < 4.78 is 5.56. The zero-order chi connectivity index (χ0) is 14.7. The number of hydrogen-bond acceptors (Lipinski definition) is 3. The molecule has 0 bridgehead atoms. The van der Waals surface area contributed by atoms with Crippen LogP contribution in [-0.4, -0.2) is 35.0 Å². The van der Waals surface area contributed by atoms with Gasteiger partial charge in [-0.3, -0.25) is 4.79 Å². The molecule has 108 valence electrons. The Bertz CT molecular complexity index is 512. The zero-order valence-corrected chi connectivity index (χ0v) is 11.7. The molecule has 1 atom stereocenters. The highest BCUT2D eigenvalue weighted by molar-refractivity contribution is 5.85. The molecule has 5 heteroatoms. The highest BCUT2D eigenvalue weighted by Crippen LogP contribution is 2.32. The van der Waals surface area contributed by atoms with Gasteiger partial charge in [-0.25, -0.2) is 4.79 Å². The largest absolute Gasteiger partial charge is 0.491 e. The minimum Gasteiger partial charge on any atom is -0.491 e. The van der Waals surface area contributed by atoms with Gasteiger partial charge in [0.05, 0.1) is 6.54 Å². The summed E-state index contributed by atoms with van der Waals surface area (Å²) in [5.41, 5.74) is 0.537. The predicted octanol–water partition coefficient (Wildman–Crippen LogP) is 2.08. The van der Waals surface area contributed by atoms with E-state index in [1.54, 1.807) is 24.3 Å². The molecule has 1 aliphatic rings. The molecule has 1 aliphatic heterocycles. The summed E-state index contributed by atoms with van der Waals surface area (Å²) in [5.74, 6) is -0.441. The van der Waals surface area contributed by atoms with Gasteiger partial charge in [-0.1, -0.05) is 32.0 Å². The van der Waals surface area contributed by atoms with E-state index in [1.165, 1.54) is 4.90 Å². The van der Waals surface area contributed by atoms with E-state index < -0.39 is 12.0 Å². The molecule has 0 aliphatic carbocycles. The predicted molar refractivity (Wildman–Crippen MR) is 73.5 cm³/mol. The summed E-state index contributed by atoms with van der Waals surface area (Å²) in [6, 6.07) is 6.02. The van der Waals surface area contributed by atoms with Crippen molar-refractivity contribution in [3.05, 3.63) is 29.8 Å². The summed E-state index contributed by atoms with van der Waals surface area (Å²) >= 11 is 0. The van der Waals surface area contributed by atoms with Crippen LogP contribution in [0, 0.1) is 5.92 Å². The monoisotopic (exact) mass is 277 g/mol. The van der Waals surface area contributed by atoms with Crippen LogP contribution in [0.25, 0.3) is 0 Å². The third-order valence-corrected chi connectivity index (χ3v) is 3.25. The Balaban J connectivity index is 2.37. The topological polar surface area (TPSA) is 66.8 Å². The van der Waals surface area contributed by atoms with Gasteiger partial charge >= 0.3 is 5.97 Å². The molecule has 0 radical (unpaired) electrons. The fourth-order valence-electron chi connectivity index (χ4n) is 2.39. The van der Waals surface area contributed by atoms with Crippen LogP contribution in [0.4, 0.5) is 0 Å². The second-order valence-corrected chi connectivity index (χ2v) is 5.31. The van der Waals surface area contributed by atoms with Gasteiger partial charge in [0.1, 0.15) is 12.4 Å². The van der Waals surface area contributed by atoms with Crippen molar-refractivity contribution in [3.63, 3.8) is 0 Å². The summed E-state index contributed by atoms with van der Waals surface area (Å²) in [6.45, 7) is 4.48. The molecule has 20 heavy (non-hydrogen) atoms. The molecule has 1 heterocycles. The SMILES string of the molecule is CC(C)CC(=O)N1CCOc2ccccc2C1C(=O)O. The van der Waals surface area contributed by atoms with Gasteiger partial charge < -0.3 is 14.7 Å². The van der Waals surface area contributed by atoms with E-state index in [-0.39, 0.29) is 18.4 Å². The second kappa shape index (κ2) is 5.94. The Hall–Kier alpha value is -2.04. The van der Waals surface area contributed by atoms with Gasteiger partial charge in [0, 0.05) is 12.0 Å². The van der Waals surface area contributed by atoms with E-state index in [4.69, 9.17) is 4.74 Å². The molecular weight excluding hydrogens is 258 g/mol. The van der Waals surface area contributed by atoms with Crippen LogP contribution in [0.5, 0.6) is 5.75 Å². The summed E-state index contributed by atoms with van der Waals surface area (Å²) in [6.07, 6.45) is 0.339. The van der Waals surface area contributed by atoms with Crippen molar-refractivity contribution >= 4 is 11.9 Å². The van der Waals surface area contributed by atoms with Crippen LogP contribution in [-0.2, 0) is 9.59 Å². The van der Waals surface area contributed by atoms with Gasteiger partial charge in [-0.2, -0.15) is 0 Å². The molecule has 5 nitrogen and oxygen atoms in total. The third kappa shape index (κ3) is 2.92. The minimum absolute atomic E-state index is 0.146. The van der Waals surface area contributed by atoms with E-state index in [2.05, 4.69) is 0 Å². The molecule has 1 aromatic rings. The lowest BCUT2D eigenvalue weighted by Gasteiger charge is -2.27. The van der Waals surface area contributed by atoms with E-state index >= 15 is 0 Å². The number of hydrogen-bond donors (Lipinski definition) is 1. The minimum atomic E-state index is -1.03. The van der Waals surface area contributed by atoms with Crippen LogP contribution in [0.1, 0.15) is 31.9 Å². The third-order valence-electron chi connectivity index (χ3n) is 3.25. The number of benzene rings is 1. The standard InChI is InChI=1S/C15H19NO4/c1-10(2)9-13(17)16-7-8-20-12-6-4-3-5-11(12)14(16)15(18)19/h3-6,10,14H,7-9H2,1-2H3,(H,18,19). The van der Waals surface area contributed by atoms with Gasteiger partial charge in [-0.05, 0) is 12.0 Å². The van der Waals surface area contributed by atoms with Crippen molar-refractivity contribution in [2.45, 2.75) is 26.3 Å². The molecule has 2 rings (SSSR count). The van der Waals surface area contributed by atoms with Gasteiger partial charge in [-0.15, -0.1) is 0 Å². The number of nitrogens with zero attached hydrogens (tertiary/aromatic N) is 1. The van der Waals surface area contributed by atoms with E-state index in [0.717, 1.165) is 0 Å². The Labute approximate surface area is 118 Å². The Kier molecular flexibility index (Phi) is 4.27. The highest BCUT2D eigenvalue weighted by Gasteiger charge is 2.35. The quantitative estimate of drug-likeness (QED) is 0.918. The van der Waals surface area contributed by atoms with Crippen LogP contribution >= 0.6 is 0 Å². The molecule has 1 unspecified atom stereocenters. The van der Waals surface area contributed by atoms with Crippen LogP contribution in [0.2, 0.25) is 0 Å². The molecule has 0 fully saturated rings. The summed E-state index contributed by atoms with van der Waals surface area (Å²) in [4.78, 5) is 25.3. The number of carboxylic acid groups (broad SMARTS) is 1. The average molecular weight is 277 g/mol. The molecule has 1 aromatic carbocycles. The summed E-state index contributed by atoms with van der Waals surface area (Å²) in [5, 5.41) is 9.51. The van der Waals surface area contributed by atoms with Crippen molar-refractivity contribution in [2.24, 2.45) is 5.92 Å². The highest BCUT2D eigenvalue weighted by atomic mass is 16.5. The van der Waals surface area contributed by atoms with Crippen molar-refractivity contribution < 1.29 is 19.4 Å². The number of carboxylic acids is 1. The molecule has 0 spiro atoms. The number of amides is 1. The maximum atomic E-state index is 12.3. The normalized spacial score (nSPS) is 18.1. The summed E-state index contributed by atoms with van der Waals surface area (Å²) in [7, 11) is 0. The smallest absolute Gasteiger partial charge is 0.331 e. The Morgan fingerprint density at radius 2 is 2.10 bits per heavy atom. The second-order valence-electron chi connectivity index (χ2n) is 5.31. The molecule has 1 N–H and O–H groups in total. The molecule has 1 amide bonds. The first kappa shape index (κ1) is 14.4. The first-order valence-corrected chi connectivity index (χ1v) is 6.74. The Morgan fingerprint density at radius 3 is 2.75 bits per heavy atom. The fourth-order valence-corrected chi connectivity index (χ4v) is 2.39. The van der Waals surface area contributed by atoms with Crippen molar-refractivity contribution in [2.75, 3.05) is 13.2 Å².